The van der Waals surface area contributed by atoms with Gasteiger partial charge in [-0.2, -0.15) is 0 Å². The molecule has 3 aromatic heterocycles. The number of fused-ring (bicyclic) bond motifs is 11. The van der Waals surface area contributed by atoms with Crippen molar-refractivity contribution in [3.63, 3.8) is 0 Å². The zero-order valence-corrected chi connectivity index (χ0v) is 30.6. The molecule has 0 bridgehead atoms. The van der Waals surface area contributed by atoms with Crippen LogP contribution < -0.4 is 0 Å². The van der Waals surface area contributed by atoms with Crippen LogP contribution in [0.5, 0.6) is 0 Å². The Morgan fingerprint density at radius 3 is 1.87 bits per heavy atom. The van der Waals surface area contributed by atoms with E-state index in [-0.39, 0.29) is 0 Å². The molecule has 0 fully saturated rings. The van der Waals surface area contributed by atoms with Gasteiger partial charge in [-0.05, 0) is 82.2 Å². The molecule has 0 atom stereocenters. The van der Waals surface area contributed by atoms with Crippen molar-refractivity contribution in [3.05, 3.63) is 194 Å². The summed E-state index contributed by atoms with van der Waals surface area (Å²) < 4.78 is 7.57. The third kappa shape index (κ3) is 4.48. The molecule has 12 rings (SSSR count). The molecule has 0 aliphatic rings. The Bertz CT molecular complexity index is 3480. The van der Waals surface area contributed by atoms with Gasteiger partial charge in [0.25, 0.3) is 0 Å². The summed E-state index contributed by atoms with van der Waals surface area (Å²) in [6, 6.07) is 71.4. The lowest BCUT2D eigenvalue weighted by Gasteiger charge is -2.13. The maximum Gasteiger partial charge on any atom is 0.0640 e. The van der Waals surface area contributed by atoms with Crippen LogP contribution in [-0.2, 0) is 0 Å². The number of thiophene rings is 1. The molecule has 0 radical (unpaired) electrons. The lowest BCUT2D eigenvalue weighted by atomic mass is 9.95. The summed E-state index contributed by atoms with van der Waals surface area (Å²) in [5.41, 5.74) is 12.2. The van der Waals surface area contributed by atoms with Crippen molar-refractivity contribution in [2.45, 2.75) is 0 Å². The molecule has 0 aliphatic heterocycles. The minimum atomic E-state index is 1.16. The predicted molar refractivity (Wildman–Crippen MR) is 236 cm³/mol. The standard InChI is InChI=1S/C52H32N2S/c1-2-14-33(15-3-1)35-18-12-19-37(30-35)53-46-25-10-7-22-40(46)50-42(32-49-51(52(50)53)41-23-8-11-27-48(41)55-49)36-28-29-47-43(31-36)39-21-6-9-24-45(39)54(47)44-26-13-17-34-16-4-5-20-38(34)44/h1-32H. The molecule has 0 saturated heterocycles. The number of nitrogens with zero attached hydrogens (tertiary/aromatic N) is 2. The van der Waals surface area contributed by atoms with Crippen molar-refractivity contribution in [2.24, 2.45) is 0 Å². The summed E-state index contributed by atoms with van der Waals surface area (Å²) in [4.78, 5) is 0. The molecule has 3 heteroatoms. The predicted octanol–water partition coefficient (Wildman–Crippen LogP) is 14.7. The highest BCUT2D eigenvalue weighted by atomic mass is 32.1. The zero-order chi connectivity index (χ0) is 36.0. The molecule has 0 amide bonds. The molecular weight excluding hydrogens is 685 g/mol. The van der Waals surface area contributed by atoms with E-state index >= 15 is 0 Å². The van der Waals surface area contributed by atoms with Gasteiger partial charge in [-0.15, -0.1) is 11.3 Å². The van der Waals surface area contributed by atoms with E-state index in [4.69, 9.17) is 0 Å². The minimum Gasteiger partial charge on any atom is -0.309 e. The first kappa shape index (κ1) is 30.5. The largest absolute Gasteiger partial charge is 0.309 e. The second-order valence-corrected chi connectivity index (χ2v) is 15.6. The van der Waals surface area contributed by atoms with E-state index in [1.807, 2.05) is 11.3 Å². The Kier molecular flexibility index (Phi) is 6.54. The Morgan fingerprint density at radius 2 is 1.00 bits per heavy atom. The first-order valence-electron chi connectivity index (χ1n) is 18.9. The summed E-state index contributed by atoms with van der Waals surface area (Å²) in [6.07, 6.45) is 0. The fourth-order valence-corrected chi connectivity index (χ4v) is 10.3. The SMILES string of the molecule is c1ccc(-c2cccc(-n3c4ccccc4c4c(-c5ccc6c(c5)c5ccccc5n6-c5cccc6ccccc56)cc5sc6ccccc6c5c43)c2)cc1. The van der Waals surface area contributed by atoms with Crippen LogP contribution in [0.4, 0.5) is 0 Å². The molecule has 0 aliphatic carbocycles. The third-order valence-corrected chi connectivity index (χ3v) is 12.6. The maximum absolute atomic E-state index is 2.52. The lowest BCUT2D eigenvalue weighted by Crippen LogP contribution is -1.95. The fraction of sp³-hybridized carbons (Fsp3) is 0. The smallest absolute Gasteiger partial charge is 0.0640 e. The molecule has 0 unspecified atom stereocenters. The van der Waals surface area contributed by atoms with Gasteiger partial charge in [0, 0.05) is 52.8 Å². The van der Waals surface area contributed by atoms with E-state index in [0.717, 1.165) is 5.69 Å². The molecule has 256 valence electrons. The Balaban J connectivity index is 1.19. The normalized spacial score (nSPS) is 12.0. The molecule has 0 N–H and O–H groups in total. The summed E-state index contributed by atoms with van der Waals surface area (Å²) in [5.74, 6) is 0. The minimum absolute atomic E-state index is 1.16. The number of aromatic nitrogens is 2. The summed E-state index contributed by atoms with van der Waals surface area (Å²) in [5, 5.41) is 10.2. The Morgan fingerprint density at radius 1 is 0.345 bits per heavy atom. The van der Waals surface area contributed by atoms with E-state index in [1.54, 1.807) is 0 Å². The average molecular weight is 717 g/mol. The van der Waals surface area contributed by atoms with Gasteiger partial charge in [-0.3, -0.25) is 0 Å². The van der Waals surface area contributed by atoms with Gasteiger partial charge >= 0.3 is 0 Å². The molecule has 3 heterocycles. The first-order chi connectivity index (χ1) is 27.3. The van der Waals surface area contributed by atoms with E-state index in [0.29, 0.717) is 0 Å². The van der Waals surface area contributed by atoms with E-state index in [1.165, 1.54) is 102 Å². The van der Waals surface area contributed by atoms with Crippen LogP contribution in [0.2, 0.25) is 0 Å². The van der Waals surface area contributed by atoms with Gasteiger partial charge in [0.05, 0.1) is 27.8 Å². The van der Waals surface area contributed by atoms with Crippen LogP contribution in [0.25, 0.3) is 108 Å². The monoisotopic (exact) mass is 716 g/mol. The third-order valence-electron chi connectivity index (χ3n) is 11.5. The van der Waals surface area contributed by atoms with E-state index < -0.39 is 0 Å². The van der Waals surface area contributed by atoms with Crippen LogP contribution in [0.15, 0.2) is 194 Å². The van der Waals surface area contributed by atoms with E-state index in [2.05, 4.69) is 203 Å². The van der Waals surface area contributed by atoms with Crippen molar-refractivity contribution in [1.82, 2.24) is 9.13 Å². The molecule has 0 saturated carbocycles. The second-order valence-electron chi connectivity index (χ2n) is 14.5. The highest BCUT2D eigenvalue weighted by molar-refractivity contribution is 7.26. The highest BCUT2D eigenvalue weighted by Gasteiger charge is 2.23. The van der Waals surface area contributed by atoms with E-state index in [9.17, 15) is 0 Å². The van der Waals surface area contributed by atoms with Crippen LogP contribution >= 0.6 is 11.3 Å². The second kappa shape index (κ2) is 11.8. The van der Waals surface area contributed by atoms with Gasteiger partial charge in [-0.1, -0.05) is 140 Å². The number of rotatable bonds is 4. The molecule has 55 heavy (non-hydrogen) atoms. The average Bonchev–Trinajstić information content (AvgIpc) is 3.91. The Hall–Kier alpha value is -6.94. The van der Waals surface area contributed by atoms with Crippen molar-refractivity contribution in [3.8, 4) is 33.6 Å². The van der Waals surface area contributed by atoms with Gasteiger partial charge in [0.2, 0.25) is 0 Å². The van der Waals surface area contributed by atoms with Gasteiger partial charge < -0.3 is 9.13 Å². The van der Waals surface area contributed by atoms with Crippen LogP contribution in [0.3, 0.4) is 0 Å². The van der Waals surface area contributed by atoms with Crippen LogP contribution in [-0.4, -0.2) is 9.13 Å². The summed E-state index contributed by atoms with van der Waals surface area (Å²) in [6.45, 7) is 0. The van der Waals surface area contributed by atoms with Crippen molar-refractivity contribution < 1.29 is 0 Å². The topological polar surface area (TPSA) is 9.86 Å². The van der Waals surface area contributed by atoms with Gasteiger partial charge in [0.15, 0.2) is 0 Å². The first-order valence-corrected chi connectivity index (χ1v) is 19.7. The zero-order valence-electron chi connectivity index (χ0n) is 29.8. The fourth-order valence-electron chi connectivity index (χ4n) is 9.12. The Labute approximate surface area is 321 Å². The quantitative estimate of drug-likeness (QED) is 0.172. The molecule has 0 spiro atoms. The number of benzene rings is 9. The molecule has 12 aromatic rings. The molecule has 2 nitrogen and oxygen atoms in total. The van der Waals surface area contributed by atoms with Gasteiger partial charge in [-0.25, -0.2) is 0 Å². The van der Waals surface area contributed by atoms with Crippen molar-refractivity contribution >= 4 is 85.9 Å². The van der Waals surface area contributed by atoms with Gasteiger partial charge in [0.1, 0.15) is 0 Å². The highest BCUT2D eigenvalue weighted by Crippen LogP contribution is 2.48. The number of para-hydroxylation sites is 2. The number of hydrogen-bond donors (Lipinski definition) is 0. The van der Waals surface area contributed by atoms with Crippen LogP contribution in [0, 0.1) is 0 Å². The van der Waals surface area contributed by atoms with Crippen molar-refractivity contribution in [2.75, 3.05) is 0 Å². The lowest BCUT2D eigenvalue weighted by molar-refractivity contribution is 1.19. The van der Waals surface area contributed by atoms with Crippen molar-refractivity contribution in [1.29, 1.82) is 0 Å². The summed E-state index contributed by atoms with van der Waals surface area (Å²) >= 11 is 1.89. The number of hydrogen-bond acceptors (Lipinski definition) is 1. The maximum atomic E-state index is 2.52. The molecule has 9 aromatic carbocycles. The van der Waals surface area contributed by atoms with Crippen LogP contribution in [0.1, 0.15) is 0 Å². The summed E-state index contributed by atoms with van der Waals surface area (Å²) in [7, 11) is 0. The molecular formula is C52H32N2S.